The number of hydrogen-bond acceptors (Lipinski definition) is 5. The van der Waals surface area contributed by atoms with Gasteiger partial charge in [-0.2, -0.15) is 4.98 Å². The van der Waals surface area contributed by atoms with Crippen molar-refractivity contribution in [2.45, 2.75) is 19.3 Å². The number of benzene rings is 2. The number of carbonyl (C=O) groups is 2. The van der Waals surface area contributed by atoms with Gasteiger partial charge in [-0.3, -0.25) is 19.4 Å². The first-order valence-electron chi connectivity index (χ1n) is 9.34. The SMILES string of the molecule is Cc1c(Cl)cccc1NC(=O)C1CC(=O)Nc2nc(Nc3cccc(Cl)c3)[nH]c(=O)c21. The smallest absolute Gasteiger partial charge is 0.258 e. The third kappa shape index (κ3) is 4.40. The maximum atomic E-state index is 13.0. The molecule has 2 aromatic carbocycles. The number of amides is 2. The molecule has 1 aliphatic rings. The van der Waals surface area contributed by atoms with Crippen molar-refractivity contribution >= 4 is 58.2 Å². The van der Waals surface area contributed by atoms with Crippen LogP contribution in [0.2, 0.25) is 10.0 Å². The maximum Gasteiger partial charge on any atom is 0.258 e. The minimum absolute atomic E-state index is 0.0347. The lowest BCUT2D eigenvalue weighted by Crippen LogP contribution is -2.36. The Morgan fingerprint density at radius 1 is 1.16 bits per heavy atom. The molecule has 4 N–H and O–H groups in total. The number of hydrogen-bond donors (Lipinski definition) is 4. The van der Waals surface area contributed by atoms with E-state index in [1.807, 2.05) is 0 Å². The Morgan fingerprint density at radius 3 is 2.71 bits per heavy atom. The molecule has 2 amide bonds. The van der Waals surface area contributed by atoms with E-state index < -0.39 is 23.3 Å². The fraction of sp³-hybridized carbons (Fsp3) is 0.143. The average Bonchev–Trinajstić information content (AvgIpc) is 2.70. The topological polar surface area (TPSA) is 116 Å². The van der Waals surface area contributed by atoms with Gasteiger partial charge >= 0.3 is 0 Å². The summed E-state index contributed by atoms with van der Waals surface area (Å²) < 4.78 is 0. The molecule has 0 saturated heterocycles. The van der Waals surface area contributed by atoms with Crippen molar-refractivity contribution in [1.29, 1.82) is 0 Å². The molecule has 158 valence electrons. The molecule has 0 bridgehead atoms. The van der Waals surface area contributed by atoms with Gasteiger partial charge in [-0.15, -0.1) is 0 Å². The Bertz CT molecular complexity index is 1260. The monoisotopic (exact) mass is 457 g/mol. The molecule has 10 heteroatoms. The van der Waals surface area contributed by atoms with Gasteiger partial charge in [0.15, 0.2) is 0 Å². The summed E-state index contributed by atoms with van der Waals surface area (Å²) >= 11 is 12.1. The number of halogens is 2. The lowest BCUT2D eigenvalue weighted by atomic mass is 9.92. The number of aromatic nitrogens is 2. The van der Waals surface area contributed by atoms with Crippen LogP contribution in [0.25, 0.3) is 0 Å². The molecule has 1 aliphatic heterocycles. The molecule has 1 atom stereocenters. The van der Waals surface area contributed by atoms with E-state index in [2.05, 4.69) is 25.9 Å². The number of aromatic amines is 1. The van der Waals surface area contributed by atoms with Crippen LogP contribution in [0, 0.1) is 6.92 Å². The first-order chi connectivity index (χ1) is 14.8. The average molecular weight is 458 g/mol. The van der Waals surface area contributed by atoms with Crippen LogP contribution in [0.15, 0.2) is 47.3 Å². The fourth-order valence-electron chi connectivity index (χ4n) is 3.32. The molecule has 2 heterocycles. The van der Waals surface area contributed by atoms with Gasteiger partial charge in [-0.1, -0.05) is 35.3 Å². The summed E-state index contributed by atoms with van der Waals surface area (Å²) in [5.74, 6) is -1.77. The zero-order valence-electron chi connectivity index (χ0n) is 16.3. The molecule has 4 rings (SSSR count). The maximum absolute atomic E-state index is 13.0. The van der Waals surface area contributed by atoms with Gasteiger partial charge in [0.2, 0.25) is 17.8 Å². The van der Waals surface area contributed by atoms with Gasteiger partial charge in [-0.05, 0) is 42.8 Å². The van der Waals surface area contributed by atoms with Crippen molar-refractivity contribution in [3.05, 3.63) is 74.0 Å². The summed E-state index contributed by atoms with van der Waals surface area (Å²) in [7, 11) is 0. The van der Waals surface area contributed by atoms with Gasteiger partial charge in [0.1, 0.15) is 5.82 Å². The molecule has 3 aromatic rings. The number of anilines is 4. The summed E-state index contributed by atoms with van der Waals surface area (Å²) in [4.78, 5) is 44.9. The Kier molecular flexibility index (Phi) is 5.67. The van der Waals surface area contributed by atoms with Gasteiger partial charge in [0, 0.05) is 27.8 Å². The number of nitrogens with one attached hydrogen (secondary N) is 4. The standard InChI is InChI=1S/C21H17Cl2N5O3/c1-10-14(23)6-3-7-15(10)25-19(30)13-9-16(29)26-18-17(13)20(31)28-21(27-18)24-12-5-2-4-11(22)8-12/h2-8,13H,9H2,1H3,(H,25,30)(H3,24,26,27,28,29,31). The van der Waals surface area contributed by atoms with Gasteiger partial charge in [-0.25, -0.2) is 0 Å². The van der Waals surface area contributed by atoms with E-state index >= 15 is 0 Å². The molecule has 0 aliphatic carbocycles. The van der Waals surface area contributed by atoms with Crippen LogP contribution in [-0.2, 0) is 9.59 Å². The normalized spacial score (nSPS) is 15.1. The van der Waals surface area contributed by atoms with E-state index in [-0.39, 0.29) is 23.8 Å². The third-order valence-electron chi connectivity index (χ3n) is 4.88. The summed E-state index contributed by atoms with van der Waals surface area (Å²) in [6.07, 6.45) is -0.176. The molecule has 1 aromatic heterocycles. The Balaban J connectivity index is 1.66. The molecule has 0 fully saturated rings. The number of carbonyl (C=O) groups excluding carboxylic acids is 2. The van der Waals surface area contributed by atoms with E-state index in [0.717, 1.165) is 0 Å². The predicted molar refractivity (Wildman–Crippen MR) is 120 cm³/mol. The van der Waals surface area contributed by atoms with Gasteiger partial charge in [0.05, 0.1) is 11.5 Å². The van der Waals surface area contributed by atoms with Crippen LogP contribution in [-0.4, -0.2) is 21.8 Å². The highest BCUT2D eigenvalue weighted by Gasteiger charge is 2.35. The van der Waals surface area contributed by atoms with Gasteiger partial charge < -0.3 is 16.0 Å². The first kappa shape index (κ1) is 20.9. The van der Waals surface area contributed by atoms with Crippen LogP contribution >= 0.6 is 23.2 Å². The Labute approximate surface area is 187 Å². The fourth-order valence-corrected chi connectivity index (χ4v) is 3.69. The predicted octanol–water partition coefficient (Wildman–Crippen LogP) is 4.19. The summed E-state index contributed by atoms with van der Waals surface area (Å²) in [5.41, 5.74) is 1.36. The van der Waals surface area contributed by atoms with E-state index in [9.17, 15) is 14.4 Å². The Morgan fingerprint density at radius 2 is 1.94 bits per heavy atom. The summed E-state index contributed by atoms with van der Waals surface area (Å²) in [6, 6.07) is 12.0. The van der Waals surface area contributed by atoms with Gasteiger partial charge in [0.25, 0.3) is 5.56 Å². The zero-order chi connectivity index (χ0) is 22.1. The Hall–Kier alpha value is -3.36. The second-order valence-electron chi connectivity index (χ2n) is 7.02. The van der Waals surface area contributed by atoms with Crippen molar-refractivity contribution in [2.24, 2.45) is 0 Å². The molecular formula is C21H17Cl2N5O3. The highest BCUT2D eigenvalue weighted by molar-refractivity contribution is 6.32. The summed E-state index contributed by atoms with van der Waals surface area (Å²) in [5, 5.41) is 9.26. The van der Waals surface area contributed by atoms with Crippen molar-refractivity contribution < 1.29 is 9.59 Å². The van der Waals surface area contributed by atoms with Crippen LogP contribution in [0.1, 0.15) is 23.5 Å². The molecular weight excluding hydrogens is 441 g/mol. The zero-order valence-corrected chi connectivity index (χ0v) is 17.8. The number of rotatable bonds is 4. The molecule has 31 heavy (non-hydrogen) atoms. The van der Waals surface area contributed by atoms with Crippen molar-refractivity contribution in [2.75, 3.05) is 16.0 Å². The van der Waals surface area contributed by atoms with Crippen LogP contribution < -0.4 is 21.5 Å². The van der Waals surface area contributed by atoms with Crippen LogP contribution in [0.3, 0.4) is 0 Å². The number of nitrogens with zero attached hydrogens (tertiary/aromatic N) is 1. The second-order valence-corrected chi connectivity index (χ2v) is 7.86. The molecule has 0 radical (unpaired) electrons. The molecule has 1 unspecified atom stereocenters. The van der Waals surface area contributed by atoms with E-state index in [0.29, 0.717) is 27.0 Å². The second kappa shape index (κ2) is 8.41. The van der Waals surface area contributed by atoms with Crippen molar-refractivity contribution in [1.82, 2.24) is 9.97 Å². The lowest BCUT2D eigenvalue weighted by molar-refractivity contribution is -0.123. The quantitative estimate of drug-likeness (QED) is 0.468. The number of H-pyrrole nitrogens is 1. The largest absolute Gasteiger partial charge is 0.326 e. The van der Waals surface area contributed by atoms with Crippen LogP contribution in [0.5, 0.6) is 0 Å². The van der Waals surface area contributed by atoms with Crippen molar-refractivity contribution in [3.63, 3.8) is 0 Å². The minimum Gasteiger partial charge on any atom is -0.326 e. The van der Waals surface area contributed by atoms with E-state index in [1.165, 1.54) is 0 Å². The number of fused-ring (bicyclic) bond motifs is 1. The molecule has 0 saturated carbocycles. The minimum atomic E-state index is -1.00. The molecule has 0 spiro atoms. The molecule has 8 nitrogen and oxygen atoms in total. The third-order valence-corrected chi connectivity index (χ3v) is 5.53. The summed E-state index contributed by atoms with van der Waals surface area (Å²) in [6.45, 7) is 1.77. The van der Waals surface area contributed by atoms with E-state index in [4.69, 9.17) is 23.2 Å². The first-order valence-corrected chi connectivity index (χ1v) is 10.1. The van der Waals surface area contributed by atoms with Crippen molar-refractivity contribution in [3.8, 4) is 0 Å². The van der Waals surface area contributed by atoms with E-state index in [1.54, 1.807) is 49.4 Å². The van der Waals surface area contributed by atoms with Crippen LogP contribution in [0.4, 0.5) is 23.1 Å². The highest BCUT2D eigenvalue weighted by Crippen LogP contribution is 2.31. The highest BCUT2D eigenvalue weighted by atomic mass is 35.5. The lowest BCUT2D eigenvalue weighted by Gasteiger charge is -2.24.